The molecule has 0 amide bonds. The van der Waals surface area contributed by atoms with Crippen molar-refractivity contribution in [3.63, 3.8) is 0 Å². The smallest absolute Gasteiger partial charge is 0.181 e. The van der Waals surface area contributed by atoms with Gasteiger partial charge in [-0.2, -0.15) is 5.26 Å². The summed E-state index contributed by atoms with van der Waals surface area (Å²) in [5.74, 6) is -1.84. The van der Waals surface area contributed by atoms with Gasteiger partial charge in [-0.1, -0.05) is 12.1 Å². The molecule has 0 saturated heterocycles. The van der Waals surface area contributed by atoms with Gasteiger partial charge in [-0.3, -0.25) is 0 Å². The fourth-order valence-corrected chi connectivity index (χ4v) is 1.51. The second-order valence-corrected chi connectivity index (χ2v) is 3.58. The highest BCUT2D eigenvalue weighted by atomic mass is 19.2. The molecule has 5 heteroatoms. The summed E-state index contributed by atoms with van der Waals surface area (Å²) >= 11 is 0. The number of hydrogen-bond acceptors (Lipinski definition) is 3. The molecular weight excluding hydrogens is 236 g/mol. The molecule has 1 heterocycles. The standard InChI is InChI=1S/C13H9F2N3/c14-10-4-1-5-11(13(10)15)18-8-9-3-2-6-17-12(9)7-16/h1-6,18H,8H2. The van der Waals surface area contributed by atoms with Gasteiger partial charge < -0.3 is 5.32 Å². The van der Waals surface area contributed by atoms with Crippen LogP contribution in [-0.2, 0) is 6.54 Å². The maximum absolute atomic E-state index is 13.4. The number of hydrogen-bond donors (Lipinski definition) is 1. The predicted molar refractivity (Wildman–Crippen MR) is 62.6 cm³/mol. The Hall–Kier alpha value is -2.48. The van der Waals surface area contributed by atoms with E-state index >= 15 is 0 Å². The van der Waals surface area contributed by atoms with Gasteiger partial charge in [0.1, 0.15) is 11.8 Å². The van der Waals surface area contributed by atoms with Crippen molar-refractivity contribution in [2.24, 2.45) is 0 Å². The van der Waals surface area contributed by atoms with Crippen molar-refractivity contribution in [2.75, 3.05) is 5.32 Å². The van der Waals surface area contributed by atoms with Gasteiger partial charge >= 0.3 is 0 Å². The number of nitrogens with one attached hydrogen (secondary N) is 1. The minimum absolute atomic E-state index is 0.0581. The van der Waals surface area contributed by atoms with Crippen molar-refractivity contribution in [1.82, 2.24) is 4.98 Å². The van der Waals surface area contributed by atoms with E-state index < -0.39 is 11.6 Å². The SMILES string of the molecule is N#Cc1ncccc1CNc1cccc(F)c1F. The van der Waals surface area contributed by atoms with Gasteiger partial charge in [0.25, 0.3) is 0 Å². The lowest BCUT2D eigenvalue weighted by Crippen LogP contribution is -2.05. The van der Waals surface area contributed by atoms with Crippen molar-refractivity contribution in [3.8, 4) is 6.07 Å². The fraction of sp³-hybridized carbons (Fsp3) is 0.0769. The molecule has 0 aliphatic heterocycles. The largest absolute Gasteiger partial charge is 0.378 e. The molecule has 0 unspecified atom stereocenters. The Bertz CT molecular complexity index is 605. The van der Waals surface area contributed by atoms with E-state index in [-0.39, 0.29) is 17.9 Å². The molecule has 0 radical (unpaired) electrons. The molecule has 0 fully saturated rings. The van der Waals surface area contributed by atoms with Crippen LogP contribution >= 0.6 is 0 Å². The molecule has 0 saturated carbocycles. The number of nitrogens with zero attached hydrogens (tertiary/aromatic N) is 2. The van der Waals surface area contributed by atoms with Crippen molar-refractivity contribution in [3.05, 3.63) is 59.4 Å². The number of nitriles is 1. The Balaban J connectivity index is 2.17. The van der Waals surface area contributed by atoms with Gasteiger partial charge in [-0.15, -0.1) is 0 Å². The zero-order chi connectivity index (χ0) is 13.0. The molecule has 1 N–H and O–H groups in total. The van der Waals surface area contributed by atoms with Crippen LogP contribution in [0.3, 0.4) is 0 Å². The topological polar surface area (TPSA) is 48.7 Å². The van der Waals surface area contributed by atoms with Crippen LogP contribution in [0.1, 0.15) is 11.3 Å². The molecule has 0 atom stereocenters. The van der Waals surface area contributed by atoms with E-state index in [1.807, 2.05) is 6.07 Å². The molecule has 0 aliphatic carbocycles. The van der Waals surface area contributed by atoms with Crippen LogP contribution in [0.2, 0.25) is 0 Å². The summed E-state index contributed by atoms with van der Waals surface area (Å²) in [4.78, 5) is 3.88. The summed E-state index contributed by atoms with van der Waals surface area (Å²) in [5, 5.41) is 11.6. The molecule has 1 aromatic heterocycles. The van der Waals surface area contributed by atoms with Crippen LogP contribution < -0.4 is 5.32 Å². The maximum Gasteiger partial charge on any atom is 0.181 e. The van der Waals surface area contributed by atoms with Gasteiger partial charge in [0, 0.05) is 18.3 Å². The minimum atomic E-state index is -0.931. The van der Waals surface area contributed by atoms with E-state index in [0.29, 0.717) is 5.56 Å². The number of pyridine rings is 1. The van der Waals surface area contributed by atoms with E-state index in [0.717, 1.165) is 6.07 Å². The summed E-state index contributed by atoms with van der Waals surface area (Å²) < 4.78 is 26.3. The van der Waals surface area contributed by atoms with Gasteiger partial charge in [-0.05, 0) is 18.2 Å². The van der Waals surface area contributed by atoms with Gasteiger partial charge in [-0.25, -0.2) is 13.8 Å². The van der Waals surface area contributed by atoms with Crippen LogP contribution in [0.5, 0.6) is 0 Å². The maximum atomic E-state index is 13.4. The number of halogens is 2. The van der Waals surface area contributed by atoms with Gasteiger partial charge in [0.15, 0.2) is 11.6 Å². The van der Waals surface area contributed by atoms with Gasteiger partial charge in [0.2, 0.25) is 0 Å². The van der Waals surface area contributed by atoms with Crippen LogP contribution in [0, 0.1) is 23.0 Å². The molecule has 1 aromatic carbocycles. The van der Waals surface area contributed by atoms with Crippen molar-refractivity contribution in [2.45, 2.75) is 6.54 Å². The Morgan fingerprint density at radius 3 is 2.83 bits per heavy atom. The first kappa shape index (κ1) is 12.0. The van der Waals surface area contributed by atoms with Crippen LogP contribution in [0.25, 0.3) is 0 Å². The molecule has 0 spiro atoms. The number of rotatable bonds is 3. The third-order valence-electron chi connectivity index (χ3n) is 2.42. The molecule has 0 aliphatic rings. The van der Waals surface area contributed by atoms with Crippen molar-refractivity contribution in [1.29, 1.82) is 5.26 Å². The Labute approximate surface area is 103 Å². The van der Waals surface area contributed by atoms with E-state index in [2.05, 4.69) is 10.3 Å². The molecule has 90 valence electrons. The van der Waals surface area contributed by atoms with Crippen LogP contribution in [0.15, 0.2) is 36.5 Å². The molecule has 2 aromatic rings. The quantitative estimate of drug-likeness (QED) is 0.904. The molecule has 2 rings (SSSR count). The third kappa shape index (κ3) is 2.43. The first-order chi connectivity index (χ1) is 8.72. The number of anilines is 1. The second kappa shape index (κ2) is 5.23. The lowest BCUT2D eigenvalue weighted by Gasteiger charge is -2.08. The monoisotopic (exact) mass is 245 g/mol. The van der Waals surface area contributed by atoms with E-state index in [9.17, 15) is 8.78 Å². The lowest BCUT2D eigenvalue weighted by atomic mass is 10.2. The Morgan fingerprint density at radius 1 is 1.22 bits per heavy atom. The summed E-state index contributed by atoms with van der Waals surface area (Å²) in [6.45, 7) is 0.205. The zero-order valence-electron chi connectivity index (χ0n) is 9.32. The summed E-state index contributed by atoms with van der Waals surface area (Å²) in [5.41, 5.74) is 0.952. The average Bonchev–Trinajstić information content (AvgIpc) is 2.41. The summed E-state index contributed by atoms with van der Waals surface area (Å²) in [6, 6.07) is 9.21. The Kier molecular flexibility index (Phi) is 3.49. The molecular formula is C13H9F2N3. The predicted octanol–water partition coefficient (Wildman–Crippen LogP) is 2.84. The fourth-order valence-electron chi connectivity index (χ4n) is 1.51. The summed E-state index contributed by atoms with van der Waals surface area (Å²) in [6.07, 6.45) is 1.50. The third-order valence-corrected chi connectivity index (χ3v) is 2.42. The van der Waals surface area contributed by atoms with Crippen LogP contribution in [0.4, 0.5) is 14.5 Å². The molecule has 3 nitrogen and oxygen atoms in total. The highest BCUT2D eigenvalue weighted by Crippen LogP contribution is 2.17. The van der Waals surface area contributed by atoms with Crippen LogP contribution in [-0.4, -0.2) is 4.98 Å². The van der Waals surface area contributed by atoms with Gasteiger partial charge in [0.05, 0.1) is 5.69 Å². The van der Waals surface area contributed by atoms with E-state index in [4.69, 9.17) is 5.26 Å². The highest BCUT2D eigenvalue weighted by molar-refractivity contribution is 5.46. The highest BCUT2D eigenvalue weighted by Gasteiger charge is 2.08. The normalized spacial score (nSPS) is 9.83. The van der Waals surface area contributed by atoms with Crippen molar-refractivity contribution >= 4 is 5.69 Å². The second-order valence-electron chi connectivity index (χ2n) is 3.58. The summed E-state index contributed by atoms with van der Waals surface area (Å²) in [7, 11) is 0. The minimum Gasteiger partial charge on any atom is -0.378 e. The number of benzene rings is 1. The molecule has 18 heavy (non-hydrogen) atoms. The van der Waals surface area contributed by atoms with Crippen molar-refractivity contribution < 1.29 is 8.78 Å². The van der Waals surface area contributed by atoms with E-state index in [1.165, 1.54) is 18.3 Å². The Morgan fingerprint density at radius 2 is 2.06 bits per heavy atom. The lowest BCUT2D eigenvalue weighted by molar-refractivity contribution is 0.511. The average molecular weight is 245 g/mol. The molecule has 0 bridgehead atoms. The first-order valence-electron chi connectivity index (χ1n) is 5.24. The van der Waals surface area contributed by atoms with E-state index in [1.54, 1.807) is 12.1 Å². The zero-order valence-corrected chi connectivity index (χ0v) is 9.32. The first-order valence-corrected chi connectivity index (χ1v) is 5.24. The number of aromatic nitrogens is 1.